The molecule has 1 atom stereocenters. The predicted molar refractivity (Wildman–Crippen MR) is 111 cm³/mol. The van der Waals surface area contributed by atoms with E-state index in [1.54, 1.807) is 37.4 Å². The van der Waals surface area contributed by atoms with Crippen molar-refractivity contribution in [1.82, 2.24) is 15.1 Å². The van der Waals surface area contributed by atoms with Crippen LogP contribution in [0.4, 0.5) is 4.39 Å². The van der Waals surface area contributed by atoms with E-state index in [1.165, 1.54) is 29.1 Å². The molecule has 3 rings (SSSR count). The number of nitrogens with one attached hydrogen (secondary N) is 1. The topological polar surface area (TPSA) is 107 Å². The van der Waals surface area contributed by atoms with Gasteiger partial charge in [-0.25, -0.2) is 4.39 Å². The van der Waals surface area contributed by atoms with Gasteiger partial charge in [0.05, 0.1) is 5.56 Å². The number of halogens is 2. The Bertz CT molecular complexity index is 1070. The number of benzene rings is 2. The maximum atomic E-state index is 13.6. The van der Waals surface area contributed by atoms with Crippen molar-refractivity contribution >= 4 is 30.0 Å². The molecule has 0 fully saturated rings. The number of rotatable bonds is 7. The van der Waals surface area contributed by atoms with Crippen LogP contribution in [-0.4, -0.2) is 33.4 Å². The third-order valence-corrected chi connectivity index (χ3v) is 4.32. The van der Waals surface area contributed by atoms with Gasteiger partial charge in [-0.2, -0.15) is 5.10 Å². The minimum Gasteiger partial charge on any atom is -0.363 e. The van der Waals surface area contributed by atoms with Crippen LogP contribution in [0.5, 0.6) is 0 Å². The van der Waals surface area contributed by atoms with Crippen LogP contribution < -0.4 is 11.1 Å². The predicted octanol–water partition coefficient (Wildman–Crippen LogP) is 2.04. The van der Waals surface area contributed by atoms with Gasteiger partial charge in [-0.3, -0.25) is 19.1 Å². The minimum absolute atomic E-state index is 0. The molecule has 0 aliphatic carbocycles. The second-order valence-corrected chi connectivity index (χ2v) is 6.52. The molecule has 2 amide bonds. The largest absolute Gasteiger partial charge is 0.363 e. The number of primary amides is 1. The molecule has 0 bridgehead atoms. The van der Waals surface area contributed by atoms with Crippen molar-refractivity contribution in [3.05, 3.63) is 77.7 Å². The molecule has 9 heteroatoms. The first kappa shape index (κ1) is 22.8. The summed E-state index contributed by atoms with van der Waals surface area (Å²) in [5.74, 6) is -3.13. The summed E-state index contributed by atoms with van der Waals surface area (Å²) in [5.41, 5.74) is 6.72. The summed E-state index contributed by atoms with van der Waals surface area (Å²) in [5, 5.41) is 6.79. The number of ketones is 1. The standard InChI is InChI=1S/C21H19FN4O3.ClH/c1-26-12-16(18(25-26)14-8-5-9-15(22)11-14)21(29)24-17(19(27)20(23)28)10-13-6-3-2-4-7-13;/h2-9,11-12,17H,10H2,1H3,(H2,23,28)(H,24,29);1H. The summed E-state index contributed by atoms with van der Waals surface area (Å²) in [6.07, 6.45) is 1.56. The molecular formula is C21H20ClFN4O3. The fourth-order valence-electron chi connectivity index (χ4n) is 2.97. The number of hydrogen-bond donors (Lipinski definition) is 2. The molecule has 0 saturated heterocycles. The molecule has 3 aromatic rings. The number of hydrogen-bond acceptors (Lipinski definition) is 4. The van der Waals surface area contributed by atoms with E-state index >= 15 is 0 Å². The summed E-state index contributed by atoms with van der Waals surface area (Å²) in [7, 11) is 1.62. The highest BCUT2D eigenvalue weighted by Crippen LogP contribution is 2.23. The van der Waals surface area contributed by atoms with Crippen LogP contribution >= 0.6 is 12.4 Å². The fraction of sp³-hybridized carbons (Fsp3) is 0.143. The summed E-state index contributed by atoms with van der Waals surface area (Å²) in [4.78, 5) is 36.6. The van der Waals surface area contributed by atoms with Crippen molar-refractivity contribution in [3.63, 3.8) is 0 Å². The summed E-state index contributed by atoms with van der Waals surface area (Å²) in [6, 6.07) is 13.5. The van der Waals surface area contributed by atoms with E-state index in [2.05, 4.69) is 10.4 Å². The van der Waals surface area contributed by atoms with Crippen molar-refractivity contribution in [2.45, 2.75) is 12.5 Å². The zero-order valence-corrected chi connectivity index (χ0v) is 16.9. The second kappa shape index (κ2) is 9.80. The Labute approximate surface area is 178 Å². The zero-order valence-electron chi connectivity index (χ0n) is 16.0. The summed E-state index contributed by atoms with van der Waals surface area (Å²) in [6.45, 7) is 0. The highest BCUT2D eigenvalue weighted by atomic mass is 35.5. The van der Waals surface area contributed by atoms with Crippen molar-refractivity contribution in [2.75, 3.05) is 0 Å². The van der Waals surface area contributed by atoms with Crippen LogP contribution in [0.1, 0.15) is 15.9 Å². The van der Waals surface area contributed by atoms with Crippen LogP contribution in [0, 0.1) is 5.82 Å². The molecule has 3 N–H and O–H groups in total. The number of aromatic nitrogens is 2. The average molecular weight is 431 g/mol. The first-order valence-electron chi connectivity index (χ1n) is 8.83. The van der Waals surface area contributed by atoms with Crippen molar-refractivity contribution in [1.29, 1.82) is 0 Å². The van der Waals surface area contributed by atoms with Crippen LogP contribution in [-0.2, 0) is 23.1 Å². The minimum atomic E-state index is -1.14. The molecule has 1 unspecified atom stereocenters. The van der Waals surface area contributed by atoms with Crippen LogP contribution in [0.3, 0.4) is 0 Å². The molecule has 0 spiro atoms. The van der Waals surface area contributed by atoms with E-state index in [1.807, 2.05) is 6.07 Å². The molecule has 30 heavy (non-hydrogen) atoms. The van der Waals surface area contributed by atoms with E-state index in [0.717, 1.165) is 5.56 Å². The van der Waals surface area contributed by atoms with E-state index in [0.29, 0.717) is 5.56 Å². The SMILES string of the molecule is Cl.Cn1cc(C(=O)NC(Cc2ccccc2)C(=O)C(N)=O)c(-c2cccc(F)c2)n1. The first-order chi connectivity index (χ1) is 13.8. The van der Waals surface area contributed by atoms with Gasteiger partial charge in [-0.05, 0) is 17.7 Å². The lowest BCUT2D eigenvalue weighted by atomic mass is 10.0. The van der Waals surface area contributed by atoms with E-state index in [9.17, 15) is 18.8 Å². The number of nitrogens with two attached hydrogens (primary N) is 1. The molecule has 7 nitrogen and oxygen atoms in total. The number of nitrogens with zero attached hydrogens (tertiary/aromatic N) is 2. The lowest BCUT2D eigenvalue weighted by Gasteiger charge is -2.16. The Balaban J connectivity index is 0.00000320. The van der Waals surface area contributed by atoms with Gasteiger partial charge in [0, 0.05) is 25.2 Å². The Hall–Kier alpha value is -3.52. The van der Waals surface area contributed by atoms with E-state index in [-0.39, 0.29) is 30.1 Å². The lowest BCUT2D eigenvalue weighted by Crippen LogP contribution is -2.47. The smallest absolute Gasteiger partial charge is 0.287 e. The van der Waals surface area contributed by atoms with Gasteiger partial charge in [0.25, 0.3) is 11.8 Å². The number of amides is 2. The average Bonchev–Trinajstić information content (AvgIpc) is 3.09. The van der Waals surface area contributed by atoms with Gasteiger partial charge in [-0.15, -0.1) is 12.4 Å². The molecular weight excluding hydrogens is 411 g/mol. The van der Waals surface area contributed by atoms with Crippen molar-refractivity contribution < 1.29 is 18.8 Å². The molecule has 1 aromatic heterocycles. The first-order valence-corrected chi connectivity index (χ1v) is 8.83. The Kier molecular flexibility index (Phi) is 7.43. The van der Waals surface area contributed by atoms with Crippen LogP contribution in [0.2, 0.25) is 0 Å². The maximum absolute atomic E-state index is 13.6. The molecule has 0 radical (unpaired) electrons. The second-order valence-electron chi connectivity index (χ2n) is 6.52. The number of carbonyl (C=O) groups excluding carboxylic acids is 3. The Morgan fingerprint density at radius 2 is 1.83 bits per heavy atom. The molecule has 0 aliphatic heterocycles. The van der Waals surface area contributed by atoms with Crippen molar-refractivity contribution in [2.24, 2.45) is 12.8 Å². The Morgan fingerprint density at radius 1 is 1.13 bits per heavy atom. The zero-order chi connectivity index (χ0) is 21.0. The van der Waals surface area contributed by atoms with Gasteiger partial charge in [0.2, 0.25) is 5.78 Å². The molecule has 1 heterocycles. The molecule has 0 aliphatic rings. The number of Topliss-reactive ketones (excluding diaryl/α,β-unsaturated/α-hetero) is 1. The van der Waals surface area contributed by atoms with Gasteiger partial charge < -0.3 is 11.1 Å². The normalized spacial score (nSPS) is 11.3. The summed E-state index contributed by atoms with van der Waals surface area (Å²) >= 11 is 0. The lowest BCUT2D eigenvalue weighted by molar-refractivity contribution is -0.137. The third-order valence-electron chi connectivity index (χ3n) is 4.32. The van der Waals surface area contributed by atoms with Gasteiger partial charge in [0.15, 0.2) is 0 Å². The van der Waals surface area contributed by atoms with E-state index < -0.39 is 29.5 Å². The summed E-state index contributed by atoms with van der Waals surface area (Å²) < 4.78 is 15.0. The Morgan fingerprint density at radius 3 is 2.47 bits per heavy atom. The van der Waals surface area contributed by atoms with Crippen molar-refractivity contribution in [3.8, 4) is 11.3 Å². The van der Waals surface area contributed by atoms with Gasteiger partial charge >= 0.3 is 0 Å². The quantitative estimate of drug-likeness (QED) is 0.559. The van der Waals surface area contributed by atoms with Crippen LogP contribution in [0.25, 0.3) is 11.3 Å². The number of aryl methyl sites for hydroxylation is 1. The van der Waals surface area contributed by atoms with Crippen LogP contribution in [0.15, 0.2) is 60.8 Å². The van der Waals surface area contributed by atoms with E-state index in [4.69, 9.17) is 5.73 Å². The molecule has 0 saturated carbocycles. The highest BCUT2D eigenvalue weighted by molar-refractivity contribution is 6.38. The third kappa shape index (κ3) is 5.30. The molecule has 156 valence electrons. The van der Waals surface area contributed by atoms with Gasteiger partial charge in [-0.1, -0.05) is 42.5 Å². The fourth-order valence-corrected chi connectivity index (χ4v) is 2.97. The number of carbonyl (C=O) groups is 3. The van der Waals surface area contributed by atoms with Gasteiger partial charge in [0.1, 0.15) is 17.6 Å². The maximum Gasteiger partial charge on any atom is 0.287 e. The highest BCUT2D eigenvalue weighted by Gasteiger charge is 2.27. The molecule has 2 aromatic carbocycles. The monoisotopic (exact) mass is 430 g/mol.